The van der Waals surface area contributed by atoms with E-state index in [1.54, 1.807) is 37.4 Å². The van der Waals surface area contributed by atoms with E-state index in [2.05, 4.69) is 0 Å². The van der Waals surface area contributed by atoms with E-state index in [0.717, 1.165) is 5.39 Å². The smallest absolute Gasteiger partial charge is 0.336 e. The first-order valence-corrected chi connectivity index (χ1v) is 7.51. The van der Waals surface area contributed by atoms with Gasteiger partial charge in [0.1, 0.15) is 23.7 Å². The first-order chi connectivity index (χ1) is 11.1. The maximum absolute atomic E-state index is 11.7. The van der Waals surface area contributed by atoms with Crippen LogP contribution in [-0.2, 0) is 6.61 Å². The van der Waals surface area contributed by atoms with Gasteiger partial charge in [-0.15, -0.1) is 0 Å². The summed E-state index contributed by atoms with van der Waals surface area (Å²) in [7, 11) is 1.55. The fourth-order valence-electron chi connectivity index (χ4n) is 2.20. The molecule has 0 saturated carbocycles. The third-order valence-electron chi connectivity index (χ3n) is 3.31. The van der Waals surface area contributed by atoms with Gasteiger partial charge in [-0.25, -0.2) is 4.79 Å². The van der Waals surface area contributed by atoms with E-state index in [0.29, 0.717) is 32.7 Å². The lowest BCUT2D eigenvalue weighted by atomic mass is 10.1. The minimum absolute atomic E-state index is 0.176. The highest BCUT2D eigenvalue weighted by atomic mass is 35.5. The molecular formula is C17H12Cl2O4. The molecule has 0 aliphatic rings. The second kappa shape index (κ2) is 6.52. The van der Waals surface area contributed by atoms with Crippen LogP contribution in [0.2, 0.25) is 10.0 Å². The Morgan fingerprint density at radius 3 is 2.65 bits per heavy atom. The van der Waals surface area contributed by atoms with E-state index in [4.69, 9.17) is 37.1 Å². The third kappa shape index (κ3) is 3.44. The van der Waals surface area contributed by atoms with Gasteiger partial charge in [0.05, 0.1) is 12.1 Å². The van der Waals surface area contributed by atoms with Gasteiger partial charge < -0.3 is 13.9 Å². The summed E-state index contributed by atoms with van der Waals surface area (Å²) >= 11 is 11.9. The van der Waals surface area contributed by atoms with Crippen LogP contribution in [0.1, 0.15) is 5.56 Å². The number of benzene rings is 2. The zero-order valence-electron chi connectivity index (χ0n) is 12.1. The van der Waals surface area contributed by atoms with E-state index in [9.17, 15) is 4.79 Å². The Hall–Kier alpha value is -2.17. The second-order valence-electron chi connectivity index (χ2n) is 4.82. The molecule has 3 aromatic rings. The minimum Gasteiger partial charge on any atom is -0.497 e. The first-order valence-electron chi connectivity index (χ1n) is 6.75. The molecule has 0 saturated heterocycles. The minimum atomic E-state index is -0.452. The van der Waals surface area contributed by atoms with Gasteiger partial charge in [-0.3, -0.25) is 0 Å². The van der Waals surface area contributed by atoms with Crippen LogP contribution in [0.5, 0.6) is 11.5 Å². The number of hydrogen-bond donors (Lipinski definition) is 0. The van der Waals surface area contributed by atoms with Gasteiger partial charge in [0.2, 0.25) is 0 Å². The Balaban J connectivity index is 1.94. The predicted octanol–water partition coefficient (Wildman–Crippen LogP) is 4.69. The lowest BCUT2D eigenvalue weighted by Crippen LogP contribution is -2.04. The highest BCUT2D eigenvalue weighted by Crippen LogP contribution is 2.29. The summed E-state index contributed by atoms with van der Waals surface area (Å²) in [6, 6.07) is 11.6. The highest BCUT2D eigenvalue weighted by Gasteiger charge is 2.09. The Morgan fingerprint density at radius 2 is 1.91 bits per heavy atom. The highest BCUT2D eigenvalue weighted by molar-refractivity contribution is 6.35. The number of hydrogen-bond acceptors (Lipinski definition) is 4. The van der Waals surface area contributed by atoms with E-state index >= 15 is 0 Å². The van der Waals surface area contributed by atoms with Crippen molar-refractivity contribution in [2.45, 2.75) is 6.61 Å². The molecule has 0 bridgehead atoms. The van der Waals surface area contributed by atoms with Gasteiger partial charge in [-0.1, -0.05) is 23.2 Å². The second-order valence-corrected chi connectivity index (χ2v) is 5.66. The van der Waals surface area contributed by atoms with E-state index in [1.165, 1.54) is 6.07 Å². The Morgan fingerprint density at radius 1 is 1.09 bits per heavy atom. The predicted molar refractivity (Wildman–Crippen MR) is 89.8 cm³/mol. The fourth-order valence-corrected chi connectivity index (χ4v) is 2.67. The molecule has 0 fully saturated rings. The molecule has 0 aliphatic heterocycles. The van der Waals surface area contributed by atoms with E-state index in [-0.39, 0.29) is 6.61 Å². The van der Waals surface area contributed by atoms with Crippen molar-refractivity contribution in [1.29, 1.82) is 0 Å². The van der Waals surface area contributed by atoms with E-state index in [1.807, 2.05) is 6.07 Å². The van der Waals surface area contributed by atoms with Crippen LogP contribution in [-0.4, -0.2) is 7.11 Å². The molecule has 0 atom stereocenters. The van der Waals surface area contributed by atoms with Crippen LogP contribution in [0.4, 0.5) is 0 Å². The van der Waals surface area contributed by atoms with Crippen LogP contribution in [0, 0.1) is 0 Å². The normalized spacial score (nSPS) is 10.7. The standard InChI is InChI=1S/C17H12Cl2O4/c1-21-12-3-4-13-10(6-17(20)23-16(13)8-12)9-22-15-5-2-11(18)7-14(15)19/h2-8H,9H2,1H3. The maximum atomic E-state index is 11.7. The summed E-state index contributed by atoms with van der Waals surface area (Å²) in [4.78, 5) is 11.7. The molecule has 0 aliphatic carbocycles. The largest absolute Gasteiger partial charge is 0.497 e. The van der Waals surface area contributed by atoms with Crippen LogP contribution in [0.3, 0.4) is 0 Å². The van der Waals surface area contributed by atoms with Crippen molar-refractivity contribution in [1.82, 2.24) is 0 Å². The summed E-state index contributed by atoms with van der Waals surface area (Å²) < 4.78 is 16.0. The SMILES string of the molecule is COc1ccc2c(COc3ccc(Cl)cc3Cl)cc(=O)oc2c1. The molecule has 1 aromatic heterocycles. The number of ether oxygens (including phenoxy) is 2. The summed E-state index contributed by atoms with van der Waals surface area (Å²) in [6.07, 6.45) is 0. The van der Waals surface area contributed by atoms with Crippen LogP contribution in [0.15, 0.2) is 51.7 Å². The third-order valence-corrected chi connectivity index (χ3v) is 3.84. The topological polar surface area (TPSA) is 48.7 Å². The number of halogens is 2. The fraction of sp³-hybridized carbons (Fsp3) is 0.118. The van der Waals surface area contributed by atoms with Gasteiger partial charge in [0.15, 0.2) is 0 Å². The molecule has 0 amide bonds. The molecular weight excluding hydrogens is 339 g/mol. The Labute approximate surface area is 142 Å². The molecule has 0 N–H and O–H groups in total. The average Bonchev–Trinajstić information content (AvgIpc) is 2.53. The van der Waals surface area contributed by atoms with Crippen molar-refractivity contribution in [2.24, 2.45) is 0 Å². The molecule has 23 heavy (non-hydrogen) atoms. The van der Waals surface area contributed by atoms with Crippen molar-refractivity contribution in [3.63, 3.8) is 0 Å². The zero-order chi connectivity index (χ0) is 16.4. The lowest BCUT2D eigenvalue weighted by Gasteiger charge is -2.10. The quantitative estimate of drug-likeness (QED) is 0.640. The van der Waals surface area contributed by atoms with Crippen molar-refractivity contribution < 1.29 is 13.9 Å². The molecule has 118 valence electrons. The van der Waals surface area contributed by atoms with Gasteiger partial charge in [-0.2, -0.15) is 0 Å². The lowest BCUT2D eigenvalue weighted by molar-refractivity contribution is 0.307. The first kappa shape index (κ1) is 15.7. The molecule has 2 aromatic carbocycles. The summed E-state index contributed by atoms with van der Waals surface area (Å²) in [5, 5.41) is 1.71. The molecule has 6 heteroatoms. The molecule has 1 heterocycles. The van der Waals surface area contributed by atoms with Crippen LogP contribution in [0.25, 0.3) is 11.0 Å². The molecule has 0 spiro atoms. The molecule has 3 rings (SSSR count). The van der Waals surface area contributed by atoms with Crippen molar-refractivity contribution >= 4 is 34.2 Å². The molecule has 0 radical (unpaired) electrons. The number of methoxy groups -OCH3 is 1. The van der Waals surface area contributed by atoms with Gasteiger partial charge in [0, 0.05) is 28.1 Å². The van der Waals surface area contributed by atoms with Crippen LogP contribution < -0.4 is 15.1 Å². The van der Waals surface area contributed by atoms with Gasteiger partial charge >= 0.3 is 5.63 Å². The van der Waals surface area contributed by atoms with Crippen molar-refractivity contribution in [3.8, 4) is 11.5 Å². The molecule has 0 unspecified atom stereocenters. The Kier molecular flexibility index (Phi) is 4.46. The summed E-state index contributed by atoms with van der Waals surface area (Å²) in [5.41, 5.74) is 0.689. The van der Waals surface area contributed by atoms with Crippen LogP contribution >= 0.6 is 23.2 Å². The van der Waals surface area contributed by atoms with Gasteiger partial charge in [-0.05, 0) is 30.3 Å². The van der Waals surface area contributed by atoms with E-state index < -0.39 is 5.63 Å². The Bertz CT molecular complexity index is 918. The average molecular weight is 351 g/mol. The monoisotopic (exact) mass is 350 g/mol. The van der Waals surface area contributed by atoms with Crippen molar-refractivity contribution in [3.05, 3.63) is 68.5 Å². The number of rotatable bonds is 4. The zero-order valence-corrected chi connectivity index (χ0v) is 13.6. The van der Waals surface area contributed by atoms with Crippen molar-refractivity contribution in [2.75, 3.05) is 7.11 Å². The van der Waals surface area contributed by atoms with Gasteiger partial charge in [0.25, 0.3) is 0 Å². The summed E-state index contributed by atoms with van der Waals surface area (Å²) in [6.45, 7) is 0.176. The molecule has 4 nitrogen and oxygen atoms in total. The summed E-state index contributed by atoms with van der Waals surface area (Å²) in [5.74, 6) is 1.10. The number of fused-ring (bicyclic) bond motifs is 1. The maximum Gasteiger partial charge on any atom is 0.336 e.